The Kier molecular flexibility index (Phi) is 3.01. The minimum atomic E-state index is -0.312. The van der Waals surface area contributed by atoms with Crippen molar-refractivity contribution in [3.05, 3.63) is 30.1 Å². The fraction of sp³-hybridized carbons (Fsp3) is 0.467. The number of hydrogen-bond acceptors (Lipinski definition) is 3. The average Bonchev–Trinajstić information content (AvgIpc) is 3.18. The molecule has 1 aliphatic rings. The van der Waals surface area contributed by atoms with Gasteiger partial charge >= 0.3 is 5.97 Å². The van der Waals surface area contributed by atoms with Crippen LogP contribution in [0.3, 0.4) is 0 Å². The highest BCUT2D eigenvalue weighted by atomic mass is 16.5. The third-order valence-electron chi connectivity index (χ3n) is 3.56. The lowest BCUT2D eigenvalue weighted by molar-refractivity contribution is -0.144. The van der Waals surface area contributed by atoms with Crippen LogP contribution in [-0.2, 0) is 9.53 Å². The number of esters is 1. The number of imidazole rings is 1. The van der Waals surface area contributed by atoms with E-state index in [4.69, 9.17) is 4.74 Å². The first-order valence-electron chi connectivity index (χ1n) is 6.86. The van der Waals surface area contributed by atoms with Crippen LogP contribution in [0, 0.1) is 0 Å². The predicted octanol–water partition coefficient (Wildman–Crippen LogP) is 3.04. The van der Waals surface area contributed by atoms with Gasteiger partial charge in [0.2, 0.25) is 0 Å². The molecule has 1 aromatic carbocycles. The maximum Gasteiger partial charge on any atom is 0.316 e. The molecule has 100 valence electrons. The first-order chi connectivity index (χ1) is 9.22. The van der Waals surface area contributed by atoms with Crippen LogP contribution in [0.25, 0.3) is 11.0 Å². The molecule has 4 nitrogen and oxygen atoms in total. The molecule has 1 aromatic heterocycles. The minimum absolute atomic E-state index is 0.195. The third-order valence-corrected chi connectivity index (χ3v) is 3.56. The smallest absolute Gasteiger partial charge is 0.316 e. The van der Waals surface area contributed by atoms with Crippen LogP contribution >= 0.6 is 0 Å². The molecule has 2 aromatic rings. The number of carbonyl (C=O) groups is 1. The fourth-order valence-corrected chi connectivity index (χ4v) is 2.46. The van der Waals surface area contributed by atoms with Crippen molar-refractivity contribution in [1.82, 2.24) is 9.55 Å². The van der Waals surface area contributed by atoms with Crippen molar-refractivity contribution in [1.29, 1.82) is 0 Å². The summed E-state index contributed by atoms with van der Waals surface area (Å²) in [7, 11) is 0. The number of para-hydroxylation sites is 2. The molecular weight excluding hydrogens is 240 g/mol. The van der Waals surface area contributed by atoms with Crippen molar-refractivity contribution < 1.29 is 9.53 Å². The third kappa shape index (κ3) is 2.11. The standard InChI is InChI=1S/C15H18N2O2/c1-3-19-15(18)10(2)14-16-12-6-4-5-7-13(12)17(14)11-8-9-11/h4-7,10-11H,3,8-9H2,1-2H3. The SMILES string of the molecule is CCOC(=O)C(C)c1nc2ccccc2n1C1CC1. The second-order valence-electron chi connectivity index (χ2n) is 5.03. The van der Waals surface area contributed by atoms with Crippen molar-refractivity contribution >= 4 is 17.0 Å². The van der Waals surface area contributed by atoms with Gasteiger partial charge in [0.15, 0.2) is 0 Å². The molecule has 0 radical (unpaired) electrons. The lowest BCUT2D eigenvalue weighted by Gasteiger charge is -2.13. The van der Waals surface area contributed by atoms with E-state index in [1.165, 1.54) is 12.8 Å². The Labute approximate surface area is 112 Å². The molecule has 1 aliphatic carbocycles. The highest BCUT2D eigenvalue weighted by Crippen LogP contribution is 2.40. The van der Waals surface area contributed by atoms with Crippen LogP contribution in [0.1, 0.15) is 44.5 Å². The summed E-state index contributed by atoms with van der Waals surface area (Å²) in [6.07, 6.45) is 2.34. The molecule has 3 rings (SSSR count). The molecule has 1 heterocycles. The maximum absolute atomic E-state index is 11.9. The van der Waals surface area contributed by atoms with Gasteiger partial charge in [-0.05, 0) is 38.8 Å². The molecule has 1 fully saturated rings. The van der Waals surface area contributed by atoms with Gasteiger partial charge in [-0.3, -0.25) is 4.79 Å². The highest BCUT2D eigenvalue weighted by Gasteiger charge is 2.32. The number of rotatable bonds is 4. The van der Waals surface area contributed by atoms with Gasteiger partial charge in [0.25, 0.3) is 0 Å². The number of hydrogen-bond donors (Lipinski definition) is 0. The summed E-state index contributed by atoms with van der Waals surface area (Å²) in [6.45, 7) is 4.11. The highest BCUT2D eigenvalue weighted by molar-refractivity contribution is 5.81. The largest absolute Gasteiger partial charge is 0.465 e. The summed E-state index contributed by atoms with van der Waals surface area (Å²) >= 11 is 0. The molecule has 0 aliphatic heterocycles. The zero-order chi connectivity index (χ0) is 13.4. The van der Waals surface area contributed by atoms with Crippen LogP contribution in [0.5, 0.6) is 0 Å². The van der Waals surface area contributed by atoms with E-state index < -0.39 is 0 Å². The van der Waals surface area contributed by atoms with Crippen molar-refractivity contribution in [2.45, 2.75) is 38.6 Å². The van der Waals surface area contributed by atoms with E-state index in [1.807, 2.05) is 32.0 Å². The number of nitrogens with zero attached hydrogens (tertiary/aromatic N) is 2. The number of ether oxygens (including phenoxy) is 1. The lowest BCUT2D eigenvalue weighted by atomic mass is 10.1. The summed E-state index contributed by atoms with van der Waals surface area (Å²) in [5, 5.41) is 0. The Morgan fingerprint density at radius 3 is 2.89 bits per heavy atom. The van der Waals surface area contributed by atoms with Gasteiger partial charge in [-0.15, -0.1) is 0 Å². The van der Waals surface area contributed by atoms with E-state index in [1.54, 1.807) is 0 Å². The minimum Gasteiger partial charge on any atom is -0.465 e. The van der Waals surface area contributed by atoms with Crippen molar-refractivity contribution in [3.63, 3.8) is 0 Å². The summed E-state index contributed by atoms with van der Waals surface area (Å²) in [5.41, 5.74) is 2.08. The molecule has 1 saturated carbocycles. The Balaban J connectivity index is 2.07. The molecule has 0 N–H and O–H groups in total. The summed E-state index contributed by atoms with van der Waals surface area (Å²) in [6, 6.07) is 8.56. The molecule has 0 bridgehead atoms. The molecule has 0 saturated heterocycles. The Morgan fingerprint density at radius 2 is 2.21 bits per heavy atom. The molecule has 19 heavy (non-hydrogen) atoms. The van der Waals surface area contributed by atoms with Gasteiger partial charge < -0.3 is 9.30 Å². The van der Waals surface area contributed by atoms with Gasteiger partial charge in [0.1, 0.15) is 11.7 Å². The molecule has 0 spiro atoms. The molecule has 1 atom stereocenters. The van der Waals surface area contributed by atoms with Crippen LogP contribution in [0.4, 0.5) is 0 Å². The summed E-state index contributed by atoms with van der Waals surface area (Å²) < 4.78 is 7.34. The van der Waals surface area contributed by atoms with Crippen LogP contribution < -0.4 is 0 Å². The van der Waals surface area contributed by atoms with Gasteiger partial charge in [-0.1, -0.05) is 12.1 Å². The van der Waals surface area contributed by atoms with Gasteiger partial charge in [-0.25, -0.2) is 4.98 Å². The molecule has 4 heteroatoms. The van der Waals surface area contributed by atoms with E-state index in [-0.39, 0.29) is 11.9 Å². The number of aromatic nitrogens is 2. The molecule has 0 amide bonds. The summed E-state index contributed by atoms with van der Waals surface area (Å²) in [4.78, 5) is 16.6. The molecule has 1 unspecified atom stereocenters. The van der Waals surface area contributed by atoms with E-state index in [9.17, 15) is 4.79 Å². The monoisotopic (exact) mass is 258 g/mol. The average molecular weight is 258 g/mol. The number of carbonyl (C=O) groups excluding carboxylic acids is 1. The fourth-order valence-electron chi connectivity index (χ4n) is 2.46. The van der Waals surface area contributed by atoms with Crippen LogP contribution in [-0.4, -0.2) is 22.1 Å². The van der Waals surface area contributed by atoms with E-state index in [0.717, 1.165) is 16.9 Å². The first kappa shape index (κ1) is 12.2. The van der Waals surface area contributed by atoms with E-state index >= 15 is 0 Å². The van der Waals surface area contributed by atoms with Crippen LogP contribution in [0.2, 0.25) is 0 Å². The second kappa shape index (κ2) is 4.68. The van der Waals surface area contributed by atoms with Crippen molar-refractivity contribution in [2.75, 3.05) is 6.61 Å². The zero-order valence-electron chi connectivity index (χ0n) is 11.3. The van der Waals surface area contributed by atoms with Crippen molar-refractivity contribution in [2.24, 2.45) is 0 Å². The predicted molar refractivity (Wildman–Crippen MR) is 73.1 cm³/mol. The normalized spacial score (nSPS) is 16.5. The Hall–Kier alpha value is -1.84. The Morgan fingerprint density at radius 1 is 1.47 bits per heavy atom. The lowest BCUT2D eigenvalue weighted by Crippen LogP contribution is -2.17. The Bertz CT molecular complexity index is 614. The van der Waals surface area contributed by atoms with Crippen LogP contribution in [0.15, 0.2) is 24.3 Å². The summed E-state index contributed by atoms with van der Waals surface area (Å²) in [5.74, 6) is 0.329. The second-order valence-corrected chi connectivity index (χ2v) is 5.03. The zero-order valence-corrected chi connectivity index (χ0v) is 11.3. The van der Waals surface area contributed by atoms with Gasteiger partial charge in [0.05, 0.1) is 17.6 Å². The van der Waals surface area contributed by atoms with E-state index in [0.29, 0.717) is 12.6 Å². The molecular formula is C15H18N2O2. The number of fused-ring (bicyclic) bond motifs is 1. The van der Waals surface area contributed by atoms with E-state index in [2.05, 4.69) is 15.6 Å². The quantitative estimate of drug-likeness (QED) is 0.792. The van der Waals surface area contributed by atoms with Crippen molar-refractivity contribution in [3.8, 4) is 0 Å². The topological polar surface area (TPSA) is 44.1 Å². The van der Waals surface area contributed by atoms with Gasteiger partial charge in [-0.2, -0.15) is 0 Å². The maximum atomic E-state index is 11.9. The number of benzene rings is 1. The van der Waals surface area contributed by atoms with Gasteiger partial charge in [0, 0.05) is 6.04 Å². The first-order valence-corrected chi connectivity index (χ1v) is 6.86.